The van der Waals surface area contributed by atoms with Gasteiger partial charge in [-0.05, 0) is 48.7 Å². The van der Waals surface area contributed by atoms with E-state index in [1.165, 1.54) is 24.3 Å². The standard InChI is InChI=1S/C19H22F2N2O3S.ClH/c1-12(22)6-9-18(24)23-19(14-7-8-16(20)17(21)11-14)13-4-3-5-15(10-13)27(2,25)26;/h3-5,7-8,10-12,19H,6,9,22H2,1-2H3,(H,23,24);1H. The first kappa shape index (κ1) is 24.0. The molecule has 2 unspecified atom stereocenters. The van der Waals surface area contributed by atoms with Crippen molar-refractivity contribution in [3.05, 3.63) is 65.2 Å². The maximum Gasteiger partial charge on any atom is 0.220 e. The molecule has 0 saturated carbocycles. The van der Waals surface area contributed by atoms with E-state index in [1.807, 2.05) is 0 Å². The predicted molar refractivity (Wildman–Crippen MR) is 106 cm³/mol. The van der Waals surface area contributed by atoms with E-state index in [1.54, 1.807) is 13.0 Å². The van der Waals surface area contributed by atoms with E-state index in [0.29, 0.717) is 17.5 Å². The molecule has 0 saturated heterocycles. The summed E-state index contributed by atoms with van der Waals surface area (Å²) in [6, 6.07) is 8.30. The molecule has 154 valence electrons. The topological polar surface area (TPSA) is 89.3 Å². The summed E-state index contributed by atoms with van der Waals surface area (Å²) in [5.74, 6) is -2.39. The van der Waals surface area contributed by atoms with Crippen LogP contribution in [0.2, 0.25) is 0 Å². The lowest BCUT2D eigenvalue weighted by Gasteiger charge is -2.21. The van der Waals surface area contributed by atoms with Gasteiger partial charge in [0.05, 0.1) is 10.9 Å². The molecule has 0 bridgehead atoms. The zero-order valence-electron chi connectivity index (χ0n) is 15.5. The van der Waals surface area contributed by atoms with Gasteiger partial charge < -0.3 is 11.1 Å². The first-order chi connectivity index (χ1) is 12.6. The Labute approximate surface area is 169 Å². The van der Waals surface area contributed by atoms with Crippen LogP contribution in [0.25, 0.3) is 0 Å². The SMILES string of the molecule is CC(N)CCC(=O)NC(c1cccc(S(C)(=O)=O)c1)c1ccc(F)c(F)c1.Cl. The summed E-state index contributed by atoms with van der Waals surface area (Å²) in [6.07, 6.45) is 1.68. The van der Waals surface area contributed by atoms with Gasteiger partial charge in [0.25, 0.3) is 0 Å². The molecule has 0 fully saturated rings. The number of nitrogens with two attached hydrogens (primary N) is 1. The van der Waals surface area contributed by atoms with Crippen molar-refractivity contribution in [2.45, 2.75) is 36.7 Å². The third-order valence-electron chi connectivity index (χ3n) is 4.03. The third kappa shape index (κ3) is 6.54. The van der Waals surface area contributed by atoms with Crippen molar-refractivity contribution in [2.24, 2.45) is 5.73 Å². The molecule has 5 nitrogen and oxygen atoms in total. The molecule has 1 amide bonds. The summed E-state index contributed by atoms with van der Waals surface area (Å²) < 4.78 is 50.7. The largest absolute Gasteiger partial charge is 0.345 e. The van der Waals surface area contributed by atoms with Crippen LogP contribution in [0, 0.1) is 11.6 Å². The third-order valence-corrected chi connectivity index (χ3v) is 5.14. The predicted octanol–water partition coefficient (Wildman–Crippen LogP) is 3.12. The molecule has 0 heterocycles. The van der Waals surface area contributed by atoms with Crippen molar-refractivity contribution in [1.82, 2.24) is 5.32 Å². The van der Waals surface area contributed by atoms with Gasteiger partial charge >= 0.3 is 0 Å². The number of rotatable bonds is 7. The summed E-state index contributed by atoms with van der Waals surface area (Å²) in [6.45, 7) is 1.77. The van der Waals surface area contributed by atoms with Gasteiger partial charge in [-0.1, -0.05) is 18.2 Å². The van der Waals surface area contributed by atoms with Gasteiger partial charge in [0.1, 0.15) is 0 Å². The summed E-state index contributed by atoms with van der Waals surface area (Å²) in [5.41, 5.74) is 6.40. The number of amides is 1. The van der Waals surface area contributed by atoms with E-state index in [0.717, 1.165) is 18.4 Å². The number of carbonyl (C=O) groups excluding carboxylic acids is 1. The summed E-state index contributed by atoms with van der Waals surface area (Å²) in [5, 5.41) is 2.75. The Morgan fingerprint density at radius 1 is 1.11 bits per heavy atom. The maximum absolute atomic E-state index is 13.7. The average molecular weight is 433 g/mol. The minimum absolute atomic E-state index is 0. The molecule has 3 N–H and O–H groups in total. The number of nitrogens with one attached hydrogen (secondary N) is 1. The van der Waals surface area contributed by atoms with Crippen LogP contribution in [-0.4, -0.2) is 26.6 Å². The van der Waals surface area contributed by atoms with Crippen LogP contribution >= 0.6 is 12.4 Å². The first-order valence-corrected chi connectivity index (χ1v) is 10.3. The van der Waals surface area contributed by atoms with E-state index in [2.05, 4.69) is 5.32 Å². The van der Waals surface area contributed by atoms with E-state index < -0.39 is 27.5 Å². The summed E-state index contributed by atoms with van der Waals surface area (Å²) in [4.78, 5) is 12.4. The van der Waals surface area contributed by atoms with Gasteiger partial charge in [0.15, 0.2) is 21.5 Å². The van der Waals surface area contributed by atoms with Crippen molar-refractivity contribution < 1.29 is 22.0 Å². The quantitative estimate of drug-likeness (QED) is 0.703. The Balaban J connectivity index is 0.00000392. The highest BCUT2D eigenvalue weighted by Crippen LogP contribution is 2.26. The lowest BCUT2D eigenvalue weighted by Crippen LogP contribution is -2.30. The van der Waals surface area contributed by atoms with Crippen LogP contribution in [0.5, 0.6) is 0 Å². The molecule has 2 rings (SSSR count). The van der Waals surface area contributed by atoms with Gasteiger partial charge in [0.2, 0.25) is 5.91 Å². The second-order valence-electron chi connectivity index (χ2n) is 6.53. The smallest absolute Gasteiger partial charge is 0.220 e. The van der Waals surface area contributed by atoms with Crippen LogP contribution in [-0.2, 0) is 14.6 Å². The van der Waals surface area contributed by atoms with Crippen molar-refractivity contribution in [3.8, 4) is 0 Å². The Morgan fingerprint density at radius 2 is 1.75 bits per heavy atom. The number of halogens is 3. The first-order valence-electron chi connectivity index (χ1n) is 8.38. The number of hydrogen-bond acceptors (Lipinski definition) is 4. The van der Waals surface area contributed by atoms with Crippen molar-refractivity contribution in [2.75, 3.05) is 6.26 Å². The summed E-state index contributed by atoms with van der Waals surface area (Å²) >= 11 is 0. The zero-order chi connectivity index (χ0) is 20.2. The van der Waals surface area contributed by atoms with E-state index in [-0.39, 0.29) is 35.7 Å². The van der Waals surface area contributed by atoms with Gasteiger partial charge in [0, 0.05) is 18.7 Å². The van der Waals surface area contributed by atoms with E-state index in [9.17, 15) is 22.0 Å². The number of benzene rings is 2. The molecular formula is C19H23ClF2N2O3S. The fourth-order valence-corrected chi connectivity index (χ4v) is 3.24. The minimum atomic E-state index is -3.47. The minimum Gasteiger partial charge on any atom is -0.345 e. The van der Waals surface area contributed by atoms with Crippen LogP contribution in [0.3, 0.4) is 0 Å². The van der Waals surface area contributed by atoms with Gasteiger partial charge in [-0.25, -0.2) is 17.2 Å². The van der Waals surface area contributed by atoms with Gasteiger partial charge in [-0.3, -0.25) is 4.79 Å². The molecule has 0 spiro atoms. The van der Waals surface area contributed by atoms with E-state index in [4.69, 9.17) is 5.73 Å². The fourth-order valence-electron chi connectivity index (χ4n) is 2.57. The normalized spacial score (nSPS) is 13.3. The summed E-state index contributed by atoms with van der Waals surface area (Å²) in [7, 11) is -3.47. The number of carbonyl (C=O) groups is 1. The maximum atomic E-state index is 13.7. The lowest BCUT2D eigenvalue weighted by molar-refractivity contribution is -0.121. The Bertz CT molecular complexity index is 937. The van der Waals surface area contributed by atoms with Gasteiger partial charge in [-0.15, -0.1) is 12.4 Å². The molecule has 9 heteroatoms. The molecule has 0 aromatic heterocycles. The number of hydrogen-bond donors (Lipinski definition) is 2. The van der Waals surface area contributed by atoms with Crippen LogP contribution in [0.1, 0.15) is 36.9 Å². The van der Waals surface area contributed by atoms with Crippen molar-refractivity contribution in [1.29, 1.82) is 0 Å². The average Bonchev–Trinajstić information content (AvgIpc) is 2.60. The fraction of sp³-hybridized carbons (Fsp3) is 0.316. The van der Waals surface area contributed by atoms with Crippen molar-refractivity contribution in [3.63, 3.8) is 0 Å². The molecule has 2 aromatic carbocycles. The highest BCUT2D eigenvalue weighted by Gasteiger charge is 2.20. The molecule has 0 radical (unpaired) electrons. The molecule has 0 aliphatic heterocycles. The Morgan fingerprint density at radius 3 is 2.32 bits per heavy atom. The highest BCUT2D eigenvalue weighted by atomic mass is 35.5. The highest BCUT2D eigenvalue weighted by molar-refractivity contribution is 7.90. The molecule has 2 aromatic rings. The molecule has 0 aliphatic rings. The Kier molecular flexibility index (Phi) is 8.53. The van der Waals surface area contributed by atoms with Crippen molar-refractivity contribution >= 4 is 28.2 Å². The Hall–Kier alpha value is -2.03. The van der Waals surface area contributed by atoms with Crippen LogP contribution in [0.4, 0.5) is 8.78 Å². The molecule has 28 heavy (non-hydrogen) atoms. The number of sulfone groups is 1. The zero-order valence-corrected chi connectivity index (χ0v) is 17.1. The van der Waals surface area contributed by atoms with Crippen LogP contribution < -0.4 is 11.1 Å². The second-order valence-corrected chi connectivity index (χ2v) is 8.55. The molecular weight excluding hydrogens is 410 g/mol. The molecule has 0 aliphatic carbocycles. The molecule has 2 atom stereocenters. The monoisotopic (exact) mass is 432 g/mol. The van der Waals surface area contributed by atoms with E-state index >= 15 is 0 Å². The lowest BCUT2D eigenvalue weighted by atomic mass is 9.98. The van der Waals surface area contributed by atoms with Gasteiger partial charge in [-0.2, -0.15) is 0 Å². The van der Waals surface area contributed by atoms with Crippen LogP contribution in [0.15, 0.2) is 47.4 Å². The second kappa shape index (κ2) is 9.95.